The Balaban J connectivity index is 2.04. The van der Waals surface area contributed by atoms with Gasteiger partial charge < -0.3 is 10.2 Å². The first-order valence-corrected chi connectivity index (χ1v) is 8.45. The number of anilines is 1. The Bertz CT molecular complexity index is 1010. The molecular formula is C19H15ClN4O2. The molecule has 0 saturated carbocycles. The van der Waals surface area contributed by atoms with Crippen LogP contribution in [-0.4, -0.2) is 24.2 Å². The highest BCUT2D eigenvalue weighted by molar-refractivity contribution is 6.31. The summed E-state index contributed by atoms with van der Waals surface area (Å²) in [4.78, 5) is 17.9. The van der Waals surface area contributed by atoms with E-state index in [0.717, 1.165) is 22.8 Å². The zero-order valence-corrected chi connectivity index (χ0v) is 14.7. The molecule has 130 valence electrons. The van der Waals surface area contributed by atoms with E-state index in [4.69, 9.17) is 16.6 Å². The van der Waals surface area contributed by atoms with Gasteiger partial charge in [-0.1, -0.05) is 29.8 Å². The monoisotopic (exact) mass is 366 g/mol. The summed E-state index contributed by atoms with van der Waals surface area (Å²) in [7, 11) is 1.94. The highest BCUT2D eigenvalue weighted by Gasteiger charge is 2.27. The van der Waals surface area contributed by atoms with E-state index in [1.807, 2.05) is 30.2 Å². The van der Waals surface area contributed by atoms with Gasteiger partial charge in [0, 0.05) is 30.2 Å². The van der Waals surface area contributed by atoms with Crippen molar-refractivity contribution in [2.24, 2.45) is 4.99 Å². The number of nitro groups is 1. The van der Waals surface area contributed by atoms with E-state index in [1.165, 1.54) is 6.07 Å². The summed E-state index contributed by atoms with van der Waals surface area (Å²) in [6.45, 7) is 0.697. The number of para-hydroxylation sites is 1. The summed E-state index contributed by atoms with van der Waals surface area (Å²) >= 11 is 6.24. The molecule has 2 aliphatic heterocycles. The molecule has 0 aromatic heterocycles. The topological polar surface area (TPSA) is 70.8 Å². The zero-order valence-electron chi connectivity index (χ0n) is 13.9. The number of rotatable bonds is 2. The molecule has 0 bridgehead atoms. The summed E-state index contributed by atoms with van der Waals surface area (Å²) in [5, 5.41) is 15.4. The van der Waals surface area contributed by atoms with E-state index in [2.05, 4.69) is 5.32 Å². The number of nitrogens with one attached hydrogen (secondary N) is 1. The van der Waals surface area contributed by atoms with Crippen molar-refractivity contribution in [3.8, 4) is 0 Å². The molecule has 7 heteroatoms. The van der Waals surface area contributed by atoms with Crippen molar-refractivity contribution in [2.75, 3.05) is 18.5 Å². The summed E-state index contributed by atoms with van der Waals surface area (Å²) in [5.74, 6) is 0.852. The third-order valence-corrected chi connectivity index (χ3v) is 4.64. The van der Waals surface area contributed by atoms with E-state index in [-0.39, 0.29) is 10.6 Å². The van der Waals surface area contributed by atoms with Crippen molar-refractivity contribution in [3.05, 3.63) is 92.4 Å². The molecule has 2 heterocycles. The molecule has 2 aromatic rings. The molecule has 0 spiro atoms. The fourth-order valence-electron chi connectivity index (χ4n) is 3.21. The van der Waals surface area contributed by atoms with Crippen molar-refractivity contribution in [2.45, 2.75) is 0 Å². The summed E-state index contributed by atoms with van der Waals surface area (Å²) in [5.41, 5.74) is 3.34. The van der Waals surface area contributed by atoms with Gasteiger partial charge in [-0.25, -0.2) is 4.99 Å². The lowest BCUT2D eigenvalue weighted by molar-refractivity contribution is -0.385. The largest absolute Gasteiger partial charge is 0.366 e. The molecule has 0 unspecified atom stereocenters. The minimum atomic E-state index is -0.388. The lowest BCUT2D eigenvalue weighted by atomic mass is 9.98. The molecule has 0 amide bonds. The van der Waals surface area contributed by atoms with Gasteiger partial charge in [-0.2, -0.15) is 0 Å². The quantitative estimate of drug-likeness (QED) is 0.647. The van der Waals surface area contributed by atoms with Gasteiger partial charge in [-0.05, 0) is 30.3 Å². The maximum atomic E-state index is 11.6. The van der Waals surface area contributed by atoms with Crippen LogP contribution in [0.4, 0.5) is 11.4 Å². The fourth-order valence-corrected chi connectivity index (χ4v) is 3.38. The Morgan fingerprint density at radius 3 is 2.85 bits per heavy atom. The Labute approximate surface area is 155 Å². The second-order valence-corrected chi connectivity index (χ2v) is 6.41. The number of aliphatic imine (C=N–C) groups is 1. The first-order valence-electron chi connectivity index (χ1n) is 8.07. The van der Waals surface area contributed by atoms with Crippen LogP contribution < -0.4 is 10.2 Å². The van der Waals surface area contributed by atoms with Crippen LogP contribution in [0, 0.1) is 10.1 Å². The van der Waals surface area contributed by atoms with Crippen molar-refractivity contribution in [3.63, 3.8) is 0 Å². The maximum Gasteiger partial charge on any atom is 0.278 e. The molecule has 2 aromatic carbocycles. The number of allylic oxidation sites excluding steroid dienone is 1. The van der Waals surface area contributed by atoms with Crippen LogP contribution in [0.5, 0.6) is 0 Å². The first-order chi connectivity index (χ1) is 12.6. The fraction of sp³-hybridized carbons (Fsp3) is 0.105. The van der Waals surface area contributed by atoms with Gasteiger partial charge in [0.15, 0.2) is 0 Å². The minimum absolute atomic E-state index is 0.0108. The second kappa shape index (κ2) is 6.31. The van der Waals surface area contributed by atoms with Crippen molar-refractivity contribution in [1.29, 1.82) is 0 Å². The minimum Gasteiger partial charge on any atom is -0.366 e. The first kappa shape index (κ1) is 16.4. The zero-order chi connectivity index (χ0) is 18.3. The molecule has 6 nitrogen and oxygen atoms in total. The van der Waals surface area contributed by atoms with Crippen LogP contribution in [0.1, 0.15) is 11.1 Å². The van der Waals surface area contributed by atoms with Crippen molar-refractivity contribution >= 4 is 28.7 Å². The van der Waals surface area contributed by atoms with Crippen LogP contribution >= 0.6 is 11.6 Å². The van der Waals surface area contributed by atoms with E-state index in [1.54, 1.807) is 30.3 Å². The normalized spacial score (nSPS) is 15.6. The average molecular weight is 367 g/mol. The van der Waals surface area contributed by atoms with E-state index >= 15 is 0 Å². The summed E-state index contributed by atoms with van der Waals surface area (Å²) in [6, 6.07) is 12.1. The third kappa shape index (κ3) is 2.64. The average Bonchev–Trinajstić information content (AvgIpc) is 2.77. The Morgan fingerprint density at radius 1 is 1.23 bits per heavy atom. The molecule has 0 fully saturated rings. The number of fused-ring (bicyclic) bond motifs is 1. The molecule has 4 rings (SSSR count). The predicted molar refractivity (Wildman–Crippen MR) is 103 cm³/mol. The molecule has 0 radical (unpaired) electrons. The van der Waals surface area contributed by atoms with E-state index < -0.39 is 0 Å². The number of dihydropyridines is 1. The summed E-state index contributed by atoms with van der Waals surface area (Å²) < 4.78 is 0. The maximum absolute atomic E-state index is 11.6. The smallest absolute Gasteiger partial charge is 0.278 e. The molecule has 0 saturated heterocycles. The van der Waals surface area contributed by atoms with Crippen LogP contribution in [-0.2, 0) is 0 Å². The Morgan fingerprint density at radius 2 is 2.04 bits per heavy atom. The SMILES string of the molecule is CN1C2=C(C=CCN2)N=C(c2ccccc2[N+](=O)[O-])c2cc(Cl)ccc21. The van der Waals surface area contributed by atoms with Crippen molar-refractivity contribution in [1.82, 2.24) is 5.32 Å². The Hall–Kier alpha value is -3.12. The number of nitrogens with zero attached hydrogens (tertiary/aromatic N) is 3. The van der Waals surface area contributed by atoms with Crippen LogP contribution in [0.25, 0.3) is 0 Å². The number of nitro benzene ring substituents is 1. The van der Waals surface area contributed by atoms with Gasteiger partial charge in [0.25, 0.3) is 5.69 Å². The van der Waals surface area contributed by atoms with Crippen LogP contribution in [0.3, 0.4) is 0 Å². The number of benzene rings is 2. The lowest BCUT2D eigenvalue weighted by Crippen LogP contribution is -2.31. The predicted octanol–water partition coefficient (Wildman–Crippen LogP) is 3.86. The van der Waals surface area contributed by atoms with Gasteiger partial charge >= 0.3 is 0 Å². The van der Waals surface area contributed by atoms with Gasteiger partial charge in [-0.3, -0.25) is 10.1 Å². The molecular weight excluding hydrogens is 352 g/mol. The van der Waals surface area contributed by atoms with Gasteiger partial charge in [-0.15, -0.1) is 0 Å². The number of halogens is 1. The summed E-state index contributed by atoms with van der Waals surface area (Å²) in [6.07, 6.45) is 3.89. The van der Waals surface area contributed by atoms with E-state index in [9.17, 15) is 10.1 Å². The molecule has 0 aliphatic carbocycles. The highest BCUT2D eigenvalue weighted by Crippen LogP contribution is 2.35. The van der Waals surface area contributed by atoms with Crippen molar-refractivity contribution < 1.29 is 4.92 Å². The van der Waals surface area contributed by atoms with Crippen LogP contribution in [0.2, 0.25) is 5.02 Å². The highest BCUT2D eigenvalue weighted by atomic mass is 35.5. The van der Waals surface area contributed by atoms with Gasteiger partial charge in [0.05, 0.1) is 21.9 Å². The van der Waals surface area contributed by atoms with Crippen LogP contribution in [0.15, 0.2) is 71.1 Å². The Kier molecular flexibility index (Phi) is 3.97. The molecule has 1 N–H and O–H groups in total. The number of hydrogen-bond acceptors (Lipinski definition) is 5. The molecule has 2 aliphatic rings. The second-order valence-electron chi connectivity index (χ2n) is 5.97. The standard InChI is InChI=1S/C19H15ClN4O2/c1-23-16-9-8-12(20)11-14(16)18(22-15-6-4-10-21-19(15)23)13-5-2-3-7-17(13)24(25)26/h2-9,11,21H,10H2,1H3. The third-order valence-electron chi connectivity index (χ3n) is 4.40. The van der Waals surface area contributed by atoms with Gasteiger partial charge in [0.2, 0.25) is 0 Å². The molecule has 0 atom stereocenters. The molecule has 26 heavy (non-hydrogen) atoms. The van der Waals surface area contributed by atoms with Gasteiger partial charge in [0.1, 0.15) is 11.5 Å². The lowest BCUT2D eigenvalue weighted by Gasteiger charge is -2.26. The van der Waals surface area contributed by atoms with E-state index in [0.29, 0.717) is 22.8 Å². The number of hydrogen-bond donors (Lipinski definition) is 1.